The number of nitrogens with zero attached hydrogens (tertiary/aromatic N) is 4. The maximum absolute atomic E-state index is 10.6. The molecule has 0 bridgehead atoms. The first kappa shape index (κ1) is 22.0. The molecular formula is C24H29N5O3. The minimum atomic E-state index is -0.0122. The number of rotatable bonds is 5. The zero-order chi connectivity index (χ0) is 22.9. The number of aromatic hydroxyl groups is 1. The van der Waals surface area contributed by atoms with Crippen molar-refractivity contribution < 1.29 is 14.6 Å². The Bertz CT molecular complexity index is 1080. The van der Waals surface area contributed by atoms with Crippen LogP contribution in [-0.2, 0) is 0 Å². The molecule has 1 aliphatic rings. The first-order valence-corrected chi connectivity index (χ1v) is 10.6. The Morgan fingerprint density at radius 1 is 0.906 bits per heavy atom. The van der Waals surface area contributed by atoms with Crippen molar-refractivity contribution in [1.29, 1.82) is 0 Å². The summed E-state index contributed by atoms with van der Waals surface area (Å²) in [4.78, 5) is 0. The van der Waals surface area contributed by atoms with E-state index < -0.39 is 0 Å². The van der Waals surface area contributed by atoms with Crippen molar-refractivity contribution in [1.82, 2.24) is 25.7 Å². The number of hydrogen-bond acceptors (Lipinski definition) is 8. The SMILES string of the molecule is COc1cc(-c2ccc(-c3ccc(OC4CC(C)(C)NC(C)(C)C4)nn3)c(O)c2)cnn1. The fraction of sp³-hybridized carbons (Fsp3) is 0.417. The van der Waals surface area contributed by atoms with E-state index in [1.807, 2.05) is 12.1 Å². The summed E-state index contributed by atoms with van der Waals surface area (Å²) >= 11 is 0. The van der Waals surface area contributed by atoms with E-state index >= 15 is 0 Å². The van der Waals surface area contributed by atoms with Crippen LogP contribution in [0.1, 0.15) is 40.5 Å². The number of aromatic nitrogens is 4. The van der Waals surface area contributed by atoms with Crippen molar-refractivity contribution in [2.24, 2.45) is 0 Å². The van der Waals surface area contributed by atoms with E-state index in [1.165, 1.54) is 7.11 Å². The summed E-state index contributed by atoms with van der Waals surface area (Å²) < 4.78 is 11.3. The molecule has 1 fully saturated rings. The van der Waals surface area contributed by atoms with Crippen LogP contribution in [0.25, 0.3) is 22.4 Å². The Kier molecular flexibility index (Phi) is 5.73. The van der Waals surface area contributed by atoms with E-state index in [4.69, 9.17) is 9.47 Å². The van der Waals surface area contributed by atoms with Crippen molar-refractivity contribution in [3.8, 4) is 39.9 Å². The molecule has 8 nitrogen and oxygen atoms in total. The van der Waals surface area contributed by atoms with Crippen molar-refractivity contribution in [2.45, 2.75) is 57.7 Å². The van der Waals surface area contributed by atoms with Gasteiger partial charge in [-0.15, -0.1) is 15.3 Å². The summed E-state index contributed by atoms with van der Waals surface area (Å²) in [7, 11) is 1.54. The fourth-order valence-corrected chi connectivity index (χ4v) is 4.54. The molecule has 0 saturated carbocycles. The van der Waals surface area contributed by atoms with Gasteiger partial charge in [0.2, 0.25) is 11.8 Å². The van der Waals surface area contributed by atoms with Gasteiger partial charge in [0.15, 0.2) is 0 Å². The number of phenolic OH excluding ortho intramolecular Hbond substituents is 1. The van der Waals surface area contributed by atoms with Gasteiger partial charge in [0.1, 0.15) is 11.9 Å². The van der Waals surface area contributed by atoms with Gasteiger partial charge in [-0.3, -0.25) is 0 Å². The zero-order valence-corrected chi connectivity index (χ0v) is 19.1. The summed E-state index contributed by atoms with van der Waals surface area (Å²) in [6.07, 6.45) is 3.44. The predicted octanol–water partition coefficient (Wildman–Crippen LogP) is 4.00. The Morgan fingerprint density at radius 2 is 1.66 bits per heavy atom. The second-order valence-corrected chi connectivity index (χ2v) is 9.52. The number of piperidine rings is 1. The Balaban J connectivity index is 1.50. The lowest BCUT2D eigenvalue weighted by atomic mass is 9.81. The summed E-state index contributed by atoms with van der Waals surface area (Å²) in [5.74, 6) is 0.995. The molecule has 3 aromatic rings. The third kappa shape index (κ3) is 4.96. The molecule has 1 aromatic carbocycles. The van der Waals surface area contributed by atoms with Crippen LogP contribution in [0.3, 0.4) is 0 Å². The monoisotopic (exact) mass is 435 g/mol. The van der Waals surface area contributed by atoms with Gasteiger partial charge in [0, 0.05) is 47.2 Å². The largest absolute Gasteiger partial charge is 0.507 e. The molecule has 32 heavy (non-hydrogen) atoms. The lowest BCUT2D eigenvalue weighted by Crippen LogP contribution is -2.60. The minimum absolute atomic E-state index is 0.0122. The van der Waals surface area contributed by atoms with Crippen molar-refractivity contribution in [3.05, 3.63) is 42.6 Å². The van der Waals surface area contributed by atoms with Crippen molar-refractivity contribution in [2.75, 3.05) is 7.11 Å². The molecule has 8 heteroatoms. The topological polar surface area (TPSA) is 102 Å². The van der Waals surface area contributed by atoms with Gasteiger partial charge in [0.25, 0.3) is 0 Å². The minimum Gasteiger partial charge on any atom is -0.507 e. The molecule has 0 spiro atoms. The van der Waals surface area contributed by atoms with Gasteiger partial charge in [-0.25, -0.2) is 0 Å². The summed E-state index contributed by atoms with van der Waals surface area (Å²) in [5, 5.41) is 30.6. The highest BCUT2D eigenvalue weighted by atomic mass is 16.5. The zero-order valence-electron chi connectivity index (χ0n) is 19.1. The normalized spacial score (nSPS) is 17.7. The fourth-order valence-electron chi connectivity index (χ4n) is 4.54. The molecular weight excluding hydrogens is 406 g/mol. The molecule has 0 atom stereocenters. The maximum Gasteiger partial charge on any atom is 0.233 e. The molecule has 0 aliphatic carbocycles. The van der Waals surface area contributed by atoms with Crippen molar-refractivity contribution >= 4 is 0 Å². The second kappa shape index (κ2) is 8.35. The second-order valence-electron chi connectivity index (χ2n) is 9.52. The molecule has 0 unspecified atom stereocenters. The maximum atomic E-state index is 10.6. The standard InChI is InChI=1S/C24H29N5O3/c1-23(2)12-17(13-24(3,4)29-23)32-21-9-8-19(26-28-21)18-7-6-15(10-20(18)30)16-11-22(31-5)27-25-14-16/h6-11,14,17,29-30H,12-13H2,1-5H3. The average molecular weight is 436 g/mol. The lowest BCUT2D eigenvalue weighted by Gasteiger charge is -2.46. The van der Waals surface area contributed by atoms with Crippen LogP contribution in [0.5, 0.6) is 17.5 Å². The highest BCUT2D eigenvalue weighted by Crippen LogP contribution is 2.34. The lowest BCUT2D eigenvalue weighted by molar-refractivity contribution is 0.0524. The van der Waals surface area contributed by atoms with Crippen LogP contribution < -0.4 is 14.8 Å². The van der Waals surface area contributed by atoms with Crippen LogP contribution in [0.4, 0.5) is 0 Å². The Morgan fingerprint density at radius 3 is 2.28 bits per heavy atom. The Labute approximate surface area is 188 Å². The number of ether oxygens (including phenoxy) is 2. The molecule has 4 rings (SSSR count). The van der Waals surface area contributed by atoms with Gasteiger partial charge >= 0.3 is 0 Å². The van der Waals surface area contributed by atoms with Crippen LogP contribution >= 0.6 is 0 Å². The third-order valence-corrected chi connectivity index (χ3v) is 5.53. The summed E-state index contributed by atoms with van der Waals surface area (Å²) in [6, 6.07) is 10.7. The van der Waals surface area contributed by atoms with Gasteiger partial charge < -0.3 is 19.9 Å². The molecule has 2 aromatic heterocycles. The highest BCUT2D eigenvalue weighted by molar-refractivity contribution is 5.74. The molecule has 0 radical (unpaired) electrons. The van der Waals surface area contributed by atoms with E-state index in [0.29, 0.717) is 23.0 Å². The average Bonchev–Trinajstić information content (AvgIpc) is 2.72. The van der Waals surface area contributed by atoms with E-state index in [0.717, 1.165) is 24.0 Å². The van der Waals surface area contributed by atoms with Crippen LogP contribution in [0.2, 0.25) is 0 Å². The summed E-state index contributed by atoms with van der Waals surface area (Å²) in [5.41, 5.74) is 2.72. The molecule has 1 saturated heterocycles. The molecule has 0 amide bonds. The Hall–Kier alpha value is -3.26. The van der Waals surface area contributed by atoms with Gasteiger partial charge in [-0.2, -0.15) is 5.10 Å². The smallest absolute Gasteiger partial charge is 0.233 e. The van der Waals surface area contributed by atoms with Gasteiger partial charge in [-0.1, -0.05) is 6.07 Å². The van der Waals surface area contributed by atoms with Crippen LogP contribution in [0.15, 0.2) is 42.6 Å². The predicted molar refractivity (Wildman–Crippen MR) is 122 cm³/mol. The van der Waals surface area contributed by atoms with Crippen LogP contribution in [-0.4, -0.2) is 49.8 Å². The quantitative estimate of drug-likeness (QED) is 0.620. The van der Waals surface area contributed by atoms with Gasteiger partial charge in [0.05, 0.1) is 19.0 Å². The molecule has 1 aliphatic heterocycles. The van der Waals surface area contributed by atoms with E-state index in [9.17, 15) is 5.11 Å². The van der Waals surface area contributed by atoms with Crippen LogP contribution in [0, 0.1) is 0 Å². The number of nitrogens with one attached hydrogen (secondary N) is 1. The number of hydrogen-bond donors (Lipinski definition) is 2. The number of methoxy groups -OCH3 is 1. The first-order valence-electron chi connectivity index (χ1n) is 10.6. The third-order valence-electron chi connectivity index (χ3n) is 5.53. The number of benzene rings is 1. The van der Waals surface area contributed by atoms with E-state index in [2.05, 4.69) is 53.4 Å². The van der Waals surface area contributed by atoms with E-state index in [-0.39, 0.29) is 22.9 Å². The molecule has 3 heterocycles. The van der Waals surface area contributed by atoms with E-state index in [1.54, 1.807) is 30.5 Å². The molecule has 2 N–H and O–H groups in total. The molecule has 168 valence electrons. The number of phenols is 1. The van der Waals surface area contributed by atoms with Crippen molar-refractivity contribution in [3.63, 3.8) is 0 Å². The highest BCUT2D eigenvalue weighted by Gasteiger charge is 2.38. The first-order chi connectivity index (χ1) is 15.1. The summed E-state index contributed by atoms with van der Waals surface area (Å²) in [6.45, 7) is 8.74. The van der Waals surface area contributed by atoms with Gasteiger partial charge in [-0.05, 0) is 51.5 Å².